The number of pyridine rings is 1. The van der Waals surface area contributed by atoms with Gasteiger partial charge in [-0.1, -0.05) is 30.3 Å². The van der Waals surface area contributed by atoms with Crippen LogP contribution in [0.3, 0.4) is 0 Å². The SMILES string of the molecule is CC(=O)Nc1cc(-c2[nH]c3c(c2Cc2ccccc2)C(=O)CN(C(=O)N2CCN(C)CC2)C3)ccn1. The van der Waals surface area contributed by atoms with Gasteiger partial charge in [-0.05, 0) is 30.3 Å². The fourth-order valence-electron chi connectivity index (χ4n) is 4.94. The van der Waals surface area contributed by atoms with Crippen LogP contribution >= 0.6 is 0 Å². The van der Waals surface area contributed by atoms with Crippen LogP contribution in [-0.2, 0) is 17.8 Å². The van der Waals surface area contributed by atoms with Gasteiger partial charge < -0.3 is 25.0 Å². The quantitative estimate of drug-likeness (QED) is 0.590. The highest BCUT2D eigenvalue weighted by molar-refractivity contribution is 6.04. The highest BCUT2D eigenvalue weighted by atomic mass is 16.2. The number of nitrogens with one attached hydrogen (secondary N) is 2. The molecular formula is C27H30N6O3. The molecule has 9 heteroatoms. The second kappa shape index (κ2) is 9.94. The summed E-state index contributed by atoms with van der Waals surface area (Å²) in [5, 5.41) is 2.72. The average Bonchev–Trinajstić information content (AvgIpc) is 3.23. The van der Waals surface area contributed by atoms with E-state index in [9.17, 15) is 14.4 Å². The molecule has 0 atom stereocenters. The van der Waals surface area contributed by atoms with Gasteiger partial charge in [0.05, 0.1) is 18.8 Å². The number of nitrogens with zero attached hydrogens (tertiary/aromatic N) is 4. The van der Waals surface area contributed by atoms with E-state index in [2.05, 4.69) is 20.2 Å². The molecule has 36 heavy (non-hydrogen) atoms. The highest BCUT2D eigenvalue weighted by Gasteiger charge is 2.34. The van der Waals surface area contributed by atoms with E-state index >= 15 is 0 Å². The van der Waals surface area contributed by atoms with Crippen LogP contribution in [0.1, 0.15) is 34.1 Å². The van der Waals surface area contributed by atoms with Gasteiger partial charge in [-0.25, -0.2) is 9.78 Å². The number of urea groups is 1. The number of aromatic nitrogens is 2. The van der Waals surface area contributed by atoms with Crippen molar-refractivity contribution in [3.63, 3.8) is 0 Å². The van der Waals surface area contributed by atoms with E-state index in [4.69, 9.17) is 0 Å². The third-order valence-electron chi connectivity index (χ3n) is 6.76. The van der Waals surface area contributed by atoms with Crippen LogP contribution in [-0.4, -0.2) is 82.2 Å². The van der Waals surface area contributed by atoms with Crippen LogP contribution in [0.2, 0.25) is 0 Å². The molecule has 0 aliphatic carbocycles. The number of Topliss-reactive ketones (excluding diaryl/α,β-unsaturated/α-hetero) is 1. The van der Waals surface area contributed by atoms with Crippen molar-refractivity contribution in [3.05, 3.63) is 71.0 Å². The number of carbonyl (C=O) groups excluding carboxylic acids is 3. The number of aromatic amines is 1. The number of hydrogen-bond donors (Lipinski definition) is 2. The Hall–Kier alpha value is -3.98. The van der Waals surface area contributed by atoms with Gasteiger partial charge in [0.1, 0.15) is 5.82 Å². The van der Waals surface area contributed by atoms with Crippen LogP contribution in [0.4, 0.5) is 10.6 Å². The number of carbonyl (C=O) groups is 3. The number of likely N-dealkylation sites (N-methyl/N-ethyl adjacent to an activating group) is 1. The maximum atomic E-state index is 13.5. The number of H-pyrrole nitrogens is 1. The van der Waals surface area contributed by atoms with Crippen molar-refractivity contribution in [2.45, 2.75) is 19.9 Å². The Morgan fingerprint density at radius 3 is 2.50 bits per heavy atom. The van der Waals surface area contributed by atoms with Crippen molar-refractivity contribution in [2.75, 3.05) is 45.1 Å². The molecule has 1 saturated heterocycles. The van der Waals surface area contributed by atoms with E-state index < -0.39 is 0 Å². The molecule has 5 rings (SSSR count). The molecule has 9 nitrogen and oxygen atoms in total. The molecule has 0 spiro atoms. The molecule has 186 valence electrons. The summed E-state index contributed by atoms with van der Waals surface area (Å²) < 4.78 is 0. The van der Waals surface area contributed by atoms with Crippen molar-refractivity contribution < 1.29 is 14.4 Å². The summed E-state index contributed by atoms with van der Waals surface area (Å²) in [4.78, 5) is 51.7. The van der Waals surface area contributed by atoms with Crippen molar-refractivity contribution >= 4 is 23.5 Å². The Labute approximate surface area is 210 Å². The highest BCUT2D eigenvalue weighted by Crippen LogP contribution is 2.34. The Morgan fingerprint density at radius 1 is 1.03 bits per heavy atom. The molecule has 1 aromatic carbocycles. The van der Waals surface area contributed by atoms with E-state index in [1.165, 1.54) is 6.92 Å². The summed E-state index contributed by atoms with van der Waals surface area (Å²) in [5.41, 5.74) is 5.01. The van der Waals surface area contributed by atoms with E-state index in [1.807, 2.05) is 48.3 Å². The molecule has 2 aromatic heterocycles. The van der Waals surface area contributed by atoms with Crippen molar-refractivity contribution in [1.29, 1.82) is 0 Å². The zero-order chi connectivity index (χ0) is 25.2. The molecule has 0 saturated carbocycles. The number of benzene rings is 1. The smallest absolute Gasteiger partial charge is 0.320 e. The molecule has 4 heterocycles. The molecule has 2 aliphatic heterocycles. The maximum Gasteiger partial charge on any atom is 0.320 e. The van der Waals surface area contributed by atoms with Crippen LogP contribution in [0.15, 0.2) is 48.7 Å². The van der Waals surface area contributed by atoms with Gasteiger partial charge in [0.2, 0.25) is 5.91 Å². The van der Waals surface area contributed by atoms with Crippen molar-refractivity contribution in [3.8, 4) is 11.3 Å². The third kappa shape index (κ3) is 4.87. The largest absolute Gasteiger partial charge is 0.356 e. The molecular weight excluding hydrogens is 456 g/mol. The minimum Gasteiger partial charge on any atom is -0.356 e. The molecule has 0 unspecified atom stereocenters. The second-order valence-corrected chi connectivity index (χ2v) is 9.46. The number of anilines is 1. The lowest BCUT2D eigenvalue weighted by molar-refractivity contribution is -0.114. The van der Waals surface area contributed by atoms with Gasteiger partial charge in [0.25, 0.3) is 0 Å². The lowest BCUT2D eigenvalue weighted by Crippen LogP contribution is -2.53. The fourth-order valence-corrected chi connectivity index (χ4v) is 4.94. The summed E-state index contributed by atoms with van der Waals surface area (Å²) in [7, 11) is 2.05. The minimum atomic E-state index is -0.205. The number of piperazine rings is 1. The number of amides is 3. The predicted molar refractivity (Wildman–Crippen MR) is 137 cm³/mol. The first-order valence-corrected chi connectivity index (χ1v) is 12.2. The molecule has 2 aliphatic rings. The van der Waals surface area contributed by atoms with E-state index in [0.717, 1.165) is 41.2 Å². The molecule has 0 bridgehead atoms. The number of hydrogen-bond acceptors (Lipinski definition) is 5. The topological polar surface area (TPSA) is 102 Å². The Morgan fingerprint density at radius 2 is 1.78 bits per heavy atom. The predicted octanol–water partition coefficient (Wildman–Crippen LogP) is 2.99. The summed E-state index contributed by atoms with van der Waals surface area (Å²) in [6.45, 7) is 4.81. The van der Waals surface area contributed by atoms with Crippen molar-refractivity contribution in [2.24, 2.45) is 0 Å². The monoisotopic (exact) mass is 486 g/mol. The van der Waals surface area contributed by atoms with E-state index in [-0.39, 0.29) is 24.3 Å². The van der Waals surface area contributed by atoms with Crippen molar-refractivity contribution in [1.82, 2.24) is 24.7 Å². The fraction of sp³-hybridized carbons (Fsp3) is 0.333. The molecule has 3 amide bonds. The second-order valence-electron chi connectivity index (χ2n) is 9.46. The molecule has 3 aromatic rings. The van der Waals surface area contributed by atoms with Gasteiger partial charge in [-0.2, -0.15) is 0 Å². The molecule has 1 fully saturated rings. The first-order valence-electron chi connectivity index (χ1n) is 12.2. The third-order valence-corrected chi connectivity index (χ3v) is 6.76. The zero-order valence-corrected chi connectivity index (χ0v) is 20.6. The Kier molecular flexibility index (Phi) is 6.56. The van der Waals surface area contributed by atoms with Gasteiger partial charge in [-0.3, -0.25) is 9.59 Å². The Bertz CT molecular complexity index is 1290. The van der Waals surface area contributed by atoms with Gasteiger partial charge >= 0.3 is 6.03 Å². The minimum absolute atomic E-state index is 0.0603. The number of fused-ring (bicyclic) bond motifs is 1. The van der Waals surface area contributed by atoms with Crippen LogP contribution < -0.4 is 5.32 Å². The van der Waals surface area contributed by atoms with Gasteiger partial charge in [-0.15, -0.1) is 0 Å². The summed E-state index contributed by atoms with van der Waals surface area (Å²) in [5.74, 6) is 0.169. The lowest BCUT2D eigenvalue weighted by Gasteiger charge is -2.37. The first kappa shape index (κ1) is 23.7. The molecule has 0 radical (unpaired) electrons. The number of rotatable bonds is 4. The first-order chi connectivity index (χ1) is 17.4. The average molecular weight is 487 g/mol. The summed E-state index contributed by atoms with van der Waals surface area (Å²) in [6.07, 6.45) is 2.20. The van der Waals surface area contributed by atoms with Gasteiger partial charge in [0.15, 0.2) is 5.78 Å². The zero-order valence-electron chi connectivity index (χ0n) is 20.6. The molecule has 2 N–H and O–H groups in total. The maximum absolute atomic E-state index is 13.5. The van der Waals surface area contributed by atoms with E-state index in [0.29, 0.717) is 37.4 Å². The van der Waals surface area contributed by atoms with Crippen LogP contribution in [0.5, 0.6) is 0 Å². The lowest BCUT2D eigenvalue weighted by atomic mass is 9.93. The Balaban J connectivity index is 1.51. The van der Waals surface area contributed by atoms with Gasteiger partial charge in [0, 0.05) is 62.5 Å². The van der Waals surface area contributed by atoms with Crippen LogP contribution in [0.25, 0.3) is 11.3 Å². The standard InChI is InChI=1S/C27H30N6O3/c1-18(34)29-24-15-20(8-9-28-24)26-21(14-19-6-4-3-5-7-19)25-22(30-26)16-33(17-23(25)35)27(36)32-12-10-31(2)11-13-32/h3-9,15,30H,10-14,16-17H2,1-2H3,(H,28,29,34). The summed E-state index contributed by atoms with van der Waals surface area (Å²) in [6, 6.07) is 13.6. The van der Waals surface area contributed by atoms with E-state index in [1.54, 1.807) is 17.2 Å². The normalized spacial score (nSPS) is 16.1. The number of ketones is 1. The van der Waals surface area contributed by atoms with Crippen LogP contribution in [0, 0.1) is 0 Å². The summed E-state index contributed by atoms with van der Waals surface area (Å²) >= 11 is 0.